The minimum atomic E-state index is -0.257. The summed E-state index contributed by atoms with van der Waals surface area (Å²) in [5, 5.41) is 9.33. The summed E-state index contributed by atoms with van der Waals surface area (Å²) in [6.07, 6.45) is 1.24. The Morgan fingerprint density at radius 3 is 3.00 bits per heavy atom. The third kappa shape index (κ3) is 1.10. The lowest BCUT2D eigenvalue weighted by Gasteiger charge is -2.08. The predicted molar refractivity (Wildman–Crippen MR) is 46.7 cm³/mol. The summed E-state index contributed by atoms with van der Waals surface area (Å²) in [4.78, 5) is 15.1. The van der Waals surface area contributed by atoms with Gasteiger partial charge in [-0.25, -0.2) is 4.98 Å². The van der Waals surface area contributed by atoms with Crippen molar-refractivity contribution in [3.63, 3.8) is 0 Å². The zero-order valence-corrected chi connectivity index (χ0v) is 6.64. The molecule has 0 aromatic heterocycles. The third-order valence-corrected chi connectivity index (χ3v) is 1.72. The molecule has 0 bridgehead atoms. The highest BCUT2D eigenvalue weighted by atomic mass is 16.5. The van der Waals surface area contributed by atoms with Gasteiger partial charge in [0.2, 0.25) is 5.43 Å². The number of hydrogen-bond donors (Lipinski definition) is 2. The molecule has 2 aliphatic rings. The average Bonchev–Trinajstić information content (AvgIpc) is 2.07. The molecule has 0 spiro atoms. The molecule has 0 fully saturated rings. The molecule has 0 aromatic carbocycles. The van der Waals surface area contributed by atoms with E-state index in [2.05, 4.69) is 4.98 Å². The molecular weight excluding hydrogens is 170 g/mol. The molecule has 0 saturated carbocycles. The van der Waals surface area contributed by atoms with Crippen molar-refractivity contribution in [2.75, 3.05) is 5.73 Å². The van der Waals surface area contributed by atoms with Gasteiger partial charge in [-0.1, -0.05) is 6.07 Å². The van der Waals surface area contributed by atoms with Crippen molar-refractivity contribution >= 4 is 5.82 Å². The second-order valence-corrected chi connectivity index (χ2v) is 2.63. The molecule has 1 aliphatic heterocycles. The van der Waals surface area contributed by atoms with Gasteiger partial charge in [-0.3, -0.25) is 4.79 Å². The van der Waals surface area contributed by atoms with E-state index >= 15 is 0 Å². The highest BCUT2D eigenvalue weighted by molar-refractivity contribution is 5.57. The molecule has 2 rings (SSSR count). The van der Waals surface area contributed by atoms with Crippen molar-refractivity contribution in [2.45, 2.75) is 0 Å². The van der Waals surface area contributed by atoms with E-state index in [1.807, 2.05) is 0 Å². The number of nitrogens with two attached hydrogens (primary N) is 1. The fraction of sp³-hybridized carbons (Fsp3) is 0. The summed E-state index contributed by atoms with van der Waals surface area (Å²) >= 11 is 0. The number of hydrogen-bond acceptors (Lipinski definition) is 4. The summed E-state index contributed by atoms with van der Waals surface area (Å²) < 4.78 is 0.791. The Kier molecular flexibility index (Phi) is 1.45. The van der Waals surface area contributed by atoms with Crippen LogP contribution in [-0.4, -0.2) is 14.9 Å². The second-order valence-electron chi connectivity index (χ2n) is 2.63. The van der Waals surface area contributed by atoms with E-state index in [0.29, 0.717) is 5.69 Å². The number of fused-ring (bicyclic) bond motifs is 1. The maximum Gasteiger partial charge on any atom is 0.206 e. The van der Waals surface area contributed by atoms with Crippen LogP contribution in [0.2, 0.25) is 0 Å². The van der Waals surface area contributed by atoms with E-state index in [4.69, 9.17) is 5.73 Å². The van der Waals surface area contributed by atoms with Crippen molar-refractivity contribution in [1.82, 2.24) is 9.71 Å². The first-order valence-electron chi connectivity index (χ1n) is 3.65. The molecule has 1 heterocycles. The lowest BCUT2D eigenvalue weighted by molar-refractivity contribution is 0.189. The number of benzene rings is 1. The van der Waals surface area contributed by atoms with Crippen LogP contribution in [-0.2, 0) is 0 Å². The molecule has 13 heavy (non-hydrogen) atoms. The van der Waals surface area contributed by atoms with E-state index in [1.165, 1.54) is 12.3 Å². The Balaban J connectivity index is 2.92. The van der Waals surface area contributed by atoms with Gasteiger partial charge < -0.3 is 10.9 Å². The Labute approximate surface area is 73.4 Å². The maximum absolute atomic E-state index is 11.2. The van der Waals surface area contributed by atoms with Crippen LogP contribution in [0.25, 0.3) is 11.4 Å². The first kappa shape index (κ1) is 7.60. The molecule has 0 atom stereocenters. The molecular formula is C8H7N3O2. The SMILES string of the molecule is Nc1cn(O)c2cccc(=O)c-2n1. The Bertz CT molecular complexity index is 478. The molecule has 0 unspecified atom stereocenters. The van der Waals surface area contributed by atoms with Crippen LogP contribution in [0.3, 0.4) is 0 Å². The van der Waals surface area contributed by atoms with Crippen molar-refractivity contribution in [1.29, 1.82) is 0 Å². The average molecular weight is 177 g/mol. The lowest BCUT2D eigenvalue weighted by Crippen LogP contribution is -2.13. The van der Waals surface area contributed by atoms with Gasteiger partial charge in [0.05, 0.1) is 6.20 Å². The fourth-order valence-corrected chi connectivity index (χ4v) is 1.16. The van der Waals surface area contributed by atoms with Gasteiger partial charge in [0, 0.05) is 0 Å². The predicted octanol–water partition coefficient (Wildman–Crippen LogP) is 0.168. The Hall–Kier alpha value is -2.04. The number of nitrogen functional groups attached to an aromatic ring is 1. The zero-order valence-electron chi connectivity index (χ0n) is 6.64. The monoisotopic (exact) mass is 177 g/mol. The number of rotatable bonds is 0. The first-order chi connectivity index (χ1) is 6.18. The highest BCUT2D eigenvalue weighted by Gasteiger charge is 2.10. The Morgan fingerprint density at radius 1 is 1.46 bits per heavy atom. The topological polar surface area (TPSA) is 81.1 Å². The number of anilines is 1. The third-order valence-electron chi connectivity index (χ3n) is 1.72. The molecule has 3 N–H and O–H groups in total. The minimum Gasteiger partial charge on any atom is -0.428 e. The first-order valence-corrected chi connectivity index (χ1v) is 3.65. The number of aromatic nitrogens is 2. The minimum absolute atomic E-state index is 0.110. The summed E-state index contributed by atoms with van der Waals surface area (Å²) in [6.45, 7) is 0. The molecule has 0 radical (unpaired) electrons. The van der Waals surface area contributed by atoms with Crippen molar-refractivity contribution in [3.8, 4) is 11.4 Å². The van der Waals surface area contributed by atoms with E-state index < -0.39 is 0 Å². The number of nitrogens with zero attached hydrogens (tertiary/aromatic N) is 2. The molecule has 0 amide bonds. The quantitative estimate of drug-likeness (QED) is 0.562. The smallest absolute Gasteiger partial charge is 0.206 e. The van der Waals surface area contributed by atoms with Crippen LogP contribution in [0.1, 0.15) is 0 Å². The van der Waals surface area contributed by atoms with Crippen LogP contribution in [0.4, 0.5) is 5.82 Å². The van der Waals surface area contributed by atoms with Gasteiger partial charge in [-0.2, -0.15) is 4.73 Å². The summed E-state index contributed by atoms with van der Waals surface area (Å²) in [7, 11) is 0. The molecule has 0 saturated heterocycles. The van der Waals surface area contributed by atoms with Crippen molar-refractivity contribution in [3.05, 3.63) is 34.6 Å². The summed E-state index contributed by atoms with van der Waals surface area (Å²) in [5.74, 6) is 0.110. The lowest BCUT2D eigenvalue weighted by atomic mass is 10.2. The van der Waals surface area contributed by atoms with Gasteiger partial charge in [0.1, 0.15) is 17.2 Å². The molecule has 5 nitrogen and oxygen atoms in total. The zero-order chi connectivity index (χ0) is 9.42. The molecule has 5 heteroatoms. The Morgan fingerprint density at radius 2 is 2.23 bits per heavy atom. The second kappa shape index (κ2) is 2.48. The van der Waals surface area contributed by atoms with Crippen molar-refractivity contribution in [2.24, 2.45) is 0 Å². The summed E-state index contributed by atoms with van der Waals surface area (Å²) in [5.41, 5.74) is 5.63. The van der Waals surface area contributed by atoms with Gasteiger partial charge in [0.25, 0.3) is 0 Å². The number of para-hydroxylation sites is 1. The van der Waals surface area contributed by atoms with Crippen LogP contribution < -0.4 is 11.2 Å². The van der Waals surface area contributed by atoms with E-state index in [-0.39, 0.29) is 16.9 Å². The summed E-state index contributed by atoms with van der Waals surface area (Å²) in [6, 6.07) is 4.51. The largest absolute Gasteiger partial charge is 0.428 e. The molecule has 66 valence electrons. The fourth-order valence-electron chi connectivity index (χ4n) is 1.16. The van der Waals surface area contributed by atoms with Gasteiger partial charge in [0.15, 0.2) is 0 Å². The van der Waals surface area contributed by atoms with Crippen LogP contribution in [0.15, 0.2) is 29.2 Å². The molecule has 0 aromatic rings. The van der Waals surface area contributed by atoms with Gasteiger partial charge in [-0.15, -0.1) is 0 Å². The van der Waals surface area contributed by atoms with Crippen LogP contribution in [0.5, 0.6) is 0 Å². The maximum atomic E-state index is 11.2. The molecule has 1 aliphatic carbocycles. The van der Waals surface area contributed by atoms with Gasteiger partial charge in [-0.05, 0) is 12.1 Å². The van der Waals surface area contributed by atoms with Crippen LogP contribution in [0, 0.1) is 0 Å². The van der Waals surface area contributed by atoms with Crippen molar-refractivity contribution < 1.29 is 5.21 Å². The van der Waals surface area contributed by atoms with Crippen LogP contribution >= 0.6 is 0 Å². The van der Waals surface area contributed by atoms with E-state index in [0.717, 1.165) is 4.73 Å². The normalized spacial score (nSPS) is 10.5. The van der Waals surface area contributed by atoms with E-state index in [1.54, 1.807) is 12.1 Å². The highest BCUT2D eigenvalue weighted by Crippen LogP contribution is 2.14. The standard InChI is InChI=1S/C8H7N3O2/c9-7-4-11(13)5-2-1-3-6(12)8(5)10-7/h1-4,13H,9H2. The van der Waals surface area contributed by atoms with Gasteiger partial charge >= 0.3 is 0 Å². The van der Waals surface area contributed by atoms with E-state index in [9.17, 15) is 10.0 Å².